The lowest BCUT2D eigenvalue weighted by molar-refractivity contribution is -0.137. The van der Waals surface area contributed by atoms with Crippen LogP contribution in [-0.4, -0.2) is 31.8 Å². The van der Waals surface area contributed by atoms with E-state index in [0.29, 0.717) is 28.7 Å². The highest BCUT2D eigenvalue weighted by Crippen LogP contribution is 2.37. The lowest BCUT2D eigenvalue weighted by atomic mass is 9.87. The fraction of sp³-hybridized carbons (Fsp3) is 0.200. The van der Waals surface area contributed by atoms with Crippen molar-refractivity contribution in [3.63, 3.8) is 0 Å². The molecule has 6 nitrogen and oxygen atoms in total. The van der Waals surface area contributed by atoms with E-state index in [1.807, 2.05) is 11.5 Å². The van der Waals surface area contributed by atoms with Crippen molar-refractivity contribution in [2.45, 2.75) is 26.3 Å². The number of nitrogens with zero attached hydrogens (tertiary/aromatic N) is 1. The van der Waals surface area contributed by atoms with Crippen LogP contribution in [0.1, 0.15) is 40.0 Å². The predicted octanol–water partition coefficient (Wildman–Crippen LogP) is 4.24. The van der Waals surface area contributed by atoms with Crippen molar-refractivity contribution in [3.8, 4) is 5.75 Å². The van der Waals surface area contributed by atoms with Gasteiger partial charge in [0.1, 0.15) is 11.7 Å². The molecule has 0 amide bonds. The number of phenolic OH excluding ortho intramolecular Hbond substituents is 1. The van der Waals surface area contributed by atoms with E-state index in [-0.39, 0.29) is 21.9 Å². The van der Waals surface area contributed by atoms with Crippen molar-refractivity contribution in [1.82, 2.24) is 4.57 Å². The van der Waals surface area contributed by atoms with Gasteiger partial charge in [-0.25, -0.2) is 4.79 Å². The summed E-state index contributed by atoms with van der Waals surface area (Å²) in [6.07, 6.45) is 0. The minimum atomic E-state index is -1.18. The number of fused-ring (bicyclic) bond motifs is 1. The third-order valence-corrected chi connectivity index (χ3v) is 4.93. The zero-order chi connectivity index (χ0) is 19.9. The summed E-state index contributed by atoms with van der Waals surface area (Å²) in [5.74, 6) is -3.61. The van der Waals surface area contributed by atoms with Crippen LogP contribution >= 0.6 is 11.6 Å². The smallest absolute Gasteiger partial charge is 0.338 e. The van der Waals surface area contributed by atoms with Gasteiger partial charge in [-0.2, -0.15) is 0 Å². The van der Waals surface area contributed by atoms with Gasteiger partial charge in [0.2, 0.25) is 0 Å². The molecular weight excluding hydrogens is 370 g/mol. The number of aromatic carboxylic acids is 1. The molecule has 0 radical (unpaired) electrons. The fourth-order valence-electron chi connectivity index (χ4n) is 3.68. The van der Waals surface area contributed by atoms with Gasteiger partial charge in [-0.3, -0.25) is 4.79 Å². The third kappa shape index (κ3) is 3.13. The number of aliphatic carboxylic acids is 1. The summed E-state index contributed by atoms with van der Waals surface area (Å²) in [6, 6.07) is 9.18. The summed E-state index contributed by atoms with van der Waals surface area (Å²) >= 11 is 5.99. The van der Waals surface area contributed by atoms with E-state index >= 15 is 0 Å². The van der Waals surface area contributed by atoms with Crippen molar-refractivity contribution in [3.05, 3.63) is 63.8 Å². The lowest BCUT2D eigenvalue weighted by Crippen LogP contribution is -2.14. The molecule has 0 spiro atoms. The first-order valence-electron chi connectivity index (χ1n) is 8.33. The molecule has 0 aliphatic carbocycles. The number of hydrogen-bond acceptors (Lipinski definition) is 3. The number of rotatable bonds is 5. The second-order valence-electron chi connectivity index (χ2n) is 6.27. The van der Waals surface area contributed by atoms with Crippen molar-refractivity contribution in [2.24, 2.45) is 0 Å². The zero-order valence-corrected chi connectivity index (χ0v) is 15.5. The second-order valence-corrected chi connectivity index (χ2v) is 6.70. The molecule has 0 bridgehead atoms. The fourth-order valence-corrected chi connectivity index (χ4v) is 3.92. The van der Waals surface area contributed by atoms with Gasteiger partial charge in [-0.1, -0.05) is 23.7 Å². The number of hydrogen-bond donors (Lipinski definition) is 3. The van der Waals surface area contributed by atoms with Crippen molar-refractivity contribution < 1.29 is 24.9 Å². The molecule has 0 saturated carbocycles. The average molecular weight is 388 g/mol. The Labute approximate surface area is 160 Å². The quantitative estimate of drug-likeness (QED) is 0.608. The number of aryl methyl sites for hydroxylation is 1. The van der Waals surface area contributed by atoms with Crippen molar-refractivity contribution in [1.29, 1.82) is 0 Å². The SMILES string of the molecule is CCn1c(C)c(C(=O)O)c2c(C(C(=O)O)c3cc(O)cc(Cl)c3)cccc21. The Morgan fingerprint density at radius 1 is 1.19 bits per heavy atom. The molecule has 3 rings (SSSR count). The van der Waals surface area contributed by atoms with Gasteiger partial charge < -0.3 is 19.9 Å². The van der Waals surface area contributed by atoms with Gasteiger partial charge in [-0.15, -0.1) is 0 Å². The van der Waals surface area contributed by atoms with Gasteiger partial charge >= 0.3 is 11.9 Å². The second kappa shape index (κ2) is 6.96. The normalized spacial score (nSPS) is 12.3. The number of aromatic nitrogens is 1. The largest absolute Gasteiger partial charge is 0.508 e. The first-order valence-corrected chi connectivity index (χ1v) is 8.71. The molecule has 0 aliphatic rings. The highest BCUT2D eigenvalue weighted by Gasteiger charge is 2.29. The number of carbonyl (C=O) groups is 2. The van der Waals surface area contributed by atoms with Crippen molar-refractivity contribution >= 4 is 34.4 Å². The Balaban J connectivity index is 2.40. The molecule has 0 saturated heterocycles. The zero-order valence-electron chi connectivity index (χ0n) is 14.7. The standard InChI is InChI=1S/C20H18ClNO5/c1-3-22-10(2)16(19(24)25)18-14(5-4-6-15(18)22)17(20(26)27)11-7-12(21)9-13(23)8-11/h4-9,17,23H,3H2,1-2H3,(H,24,25)(H,26,27). The maximum atomic E-state index is 12.1. The maximum Gasteiger partial charge on any atom is 0.338 e. The first-order chi connectivity index (χ1) is 12.8. The number of benzene rings is 2. The van der Waals surface area contributed by atoms with E-state index in [1.165, 1.54) is 18.2 Å². The molecule has 140 valence electrons. The first kappa shape index (κ1) is 18.8. The minimum absolute atomic E-state index is 0.0833. The Morgan fingerprint density at radius 2 is 1.89 bits per heavy atom. The van der Waals surface area contributed by atoms with Crippen LogP contribution in [-0.2, 0) is 11.3 Å². The summed E-state index contributed by atoms with van der Waals surface area (Å²) in [5.41, 5.74) is 1.92. The van der Waals surface area contributed by atoms with E-state index in [9.17, 15) is 24.9 Å². The number of phenols is 1. The number of carboxylic acids is 2. The van der Waals surface area contributed by atoms with E-state index in [4.69, 9.17) is 11.6 Å². The highest BCUT2D eigenvalue weighted by molar-refractivity contribution is 6.30. The van der Waals surface area contributed by atoms with Gasteiger partial charge in [-0.05, 0) is 49.2 Å². The summed E-state index contributed by atoms with van der Waals surface area (Å²) in [5, 5.41) is 30.1. The summed E-state index contributed by atoms with van der Waals surface area (Å²) in [6.45, 7) is 4.15. The van der Waals surface area contributed by atoms with Crippen LogP contribution < -0.4 is 0 Å². The van der Waals surface area contributed by atoms with E-state index < -0.39 is 17.9 Å². The van der Waals surface area contributed by atoms with Crippen molar-refractivity contribution in [2.75, 3.05) is 0 Å². The van der Waals surface area contributed by atoms with Crippen LogP contribution in [0.4, 0.5) is 0 Å². The summed E-state index contributed by atoms with van der Waals surface area (Å²) in [7, 11) is 0. The van der Waals surface area contributed by atoms with Crippen LogP contribution in [0, 0.1) is 6.92 Å². The van der Waals surface area contributed by atoms with Gasteiger partial charge in [0, 0.05) is 28.2 Å². The molecule has 3 aromatic rings. The lowest BCUT2D eigenvalue weighted by Gasteiger charge is -2.16. The Morgan fingerprint density at radius 3 is 2.44 bits per heavy atom. The van der Waals surface area contributed by atoms with Crippen LogP contribution in [0.2, 0.25) is 5.02 Å². The van der Waals surface area contributed by atoms with E-state index in [0.717, 1.165) is 0 Å². The number of aromatic hydroxyl groups is 1. The molecule has 27 heavy (non-hydrogen) atoms. The third-order valence-electron chi connectivity index (χ3n) is 4.71. The molecule has 1 atom stereocenters. The molecular formula is C20H18ClNO5. The predicted molar refractivity (Wildman–Crippen MR) is 102 cm³/mol. The molecule has 0 fully saturated rings. The molecule has 2 aromatic carbocycles. The van der Waals surface area contributed by atoms with Crippen LogP contribution in [0.15, 0.2) is 36.4 Å². The molecule has 7 heteroatoms. The topological polar surface area (TPSA) is 99.8 Å². The number of halogens is 1. The Kier molecular flexibility index (Phi) is 4.85. The monoisotopic (exact) mass is 387 g/mol. The van der Waals surface area contributed by atoms with E-state index in [2.05, 4.69) is 0 Å². The van der Waals surface area contributed by atoms with Gasteiger partial charge in [0.25, 0.3) is 0 Å². The maximum absolute atomic E-state index is 12.1. The molecule has 0 aliphatic heterocycles. The molecule has 1 unspecified atom stereocenters. The summed E-state index contributed by atoms with van der Waals surface area (Å²) < 4.78 is 1.84. The van der Waals surface area contributed by atoms with E-state index in [1.54, 1.807) is 25.1 Å². The molecule has 1 aromatic heterocycles. The van der Waals surface area contributed by atoms with Crippen LogP contribution in [0.3, 0.4) is 0 Å². The Bertz CT molecular complexity index is 1050. The average Bonchev–Trinajstić information content (AvgIpc) is 2.86. The number of carboxylic acid groups (broad SMARTS) is 2. The van der Waals surface area contributed by atoms with Crippen LogP contribution in [0.5, 0.6) is 5.75 Å². The van der Waals surface area contributed by atoms with Crippen LogP contribution in [0.25, 0.3) is 10.9 Å². The molecule has 3 N–H and O–H groups in total. The minimum Gasteiger partial charge on any atom is -0.508 e. The molecule has 1 heterocycles. The highest BCUT2D eigenvalue weighted by atomic mass is 35.5. The Hall–Kier alpha value is -2.99. The van der Waals surface area contributed by atoms with Gasteiger partial charge in [0.05, 0.1) is 5.56 Å². The van der Waals surface area contributed by atoms with Gasteiger partial charge in [0.15, 0.2) is 0 Å². The summed E-state index contributed by atoms with van der Waals surface area (Å²) in [4.78, 5) is 24.1.